The Morgan fingerprint density at radius 2 is 2.20 bits per heavy atom. The number of amidine groups is 1. The minimum Gasteiger partial charge on any atom is -0.409 e. The number of rotatable bonds is 3. The molecule has 0 aliphatic heterocycles. The lowest BCUT2D eigenvalue weighted by Crippen LogP contribution is -2.14. The fraction of sp³-hybridized carbons (Fsp3) is 0.182. The van der Waals surface area contributed by atoms with Gasteiger partial charge in [0.25, 0.3) is 0 Å². The predicted molar refractivity (Wildman–Crippen MR) is 76.5 cm³/mol. The molecule has 2 aromatic rings. The summed E-state index contributed by atoms with van der Waals surface area (Å²) < 4.78 is 16.2. The third kappa shape index (κ3) is 2.63. The predicted octanol–water partition coefficient (Wildman–Crippen LogP) is 2.27. The van der Waals surface area contributed by atoms with Gasteiger partial charge in [-0.15, -0.1) is 10.2 Å². The van der Waals surface area contributed by atoms with E-state index in [1.165, 1.54) is 0 Å². The molecule has 0 saturated carbocycles. The van der Waals surface area contributed by atoms with E-state index < -0.39 is 5.82 Å². The topological polar surface area (TPSA) is 89.3 Å². The Labute approximate surface area is 127 Å². The van der Waals surface area contributed by atoms with E-state index in [0.717, 1.165) is 17.6 Å². The van der Waals surface area contributed by atoms with Crippen LogP contribution in [0.5, 0.6) is 0 Å². The van der Waals surface area contributed by atoms with E-state index in [4.69, 9.17) is 10.9 Å². The number of hydrogen-bond acceptors (Lipinski definition) is 5. The van der Waals surface area contributed by atoms with Crippen molar-refractivity contribution < 1.29 is 9.60 Å². The lowest BCUT2D eigenvalue weighted by molar-refractivity contribution is 0.318. The standard InChI is InChI=1S/C11H11BrFN5OS/c1-5-15-16-11(18(5)2)20-7-4-3-6(10(14)17-19)8(12)9(7)13/h3-4,19H,1-2H3,(H2,14,17). The molecule has 6 nitrogen and oxygen atoms in total. The number of aromatic nitrogens is 3. The Morgan fingerprint density at radius 3 is 2.75 bits per heavy atom. The summed E-state index contributed by atoms with van der Waals surface area (Å²) in [4.78, 5) is 0.363. The molecule has 0 fully saturated rings. The highest BCUT2D eigenvalue weighted by Crippen LogP contribution is 2.33. The lowest BCUT2D eigenvalue weighted by Gasteiger charge is -2.08. The van der Waals surface area contributed by atoms with Crippen molar-refractivity contribution in [3.05, 3.63) is 33.8 Å². The molecule has 1 heterocycles. The smallest absolute Gasteiger partial charge is 0.195 e. The van der Waals surface area contributed by atoms with E-state index in [0.29, 0.717) is 10.1 Å². The molecule has 3 N–H and O–H groups in total. The molecule has 0 aliphatic rings. The molecule has 20 heavy (non-hydrogen) atoms. The highest BCUT2D eigenvalue weighted by atomic mass is 79.9. The Morgan fingerprint density at radius 1 is 1.50 bits per heavy atom. The van der Waals surface area contributed by atoms with Crippen LogP contribution in [0.15, 0.2) is 31.8 Å². The zero-order valence-corrected chi connectivity index (χ0v) is 13.0. The van der Waals surface area contributed by atoms with Gasteiger partial charge in [-0.1, -0.05) is 5.16 Å². The van der Waals surface area contributed by atoms with Crippen molar-refractivity contribution in [2.45, 2.75) is 17.0 Å². The third-order valence-electron chi connectivity index (χ3n) is 2.68. The summed E-state index contributed by atoms with van der Waals surface area (Å²) in [6.45, 7) is 1.81. The van der Waals surface area contributed by atoms with Gasteiger partial charge >= 0.3 is 0 Å². The van der Waals surface area contributed by atoms with E-state index in [1.807, 2.05) is 6.92 Å². The molecule has 1 aromatic heterocycles. The average molecular weight is 360 g/mol. The van der Waals surface area contributed by atoms with Crippen LogP contribution in [-0.4, -0.2) is 25.8 Å². The molecule has 0 amide bonds. The Hall–Kier alpha value is -1.61. The maximum Gasteiger partial charge on any atom is 0.195 e. The van der Waals surface area contributed by atoms with Gasteiger partial charge in [-0.25, -0.2) is 4.39 Å². The van der Waals surface area contributed by atoms with E-state index in [1.54, 1.807) is 23.7 Å². The normalized spacial score (nSPS) is 11.9. The quantitative estimate of drug-likeness (QED) is 0.379. The zero-order valence-electron chi connectivity index (χ0n) is 10.6. The maximum absolute atomic E-state index is 14.3. The number of aryl methyl sites for hydroxylation is 1. The third-order valence-corrected chi connectivity index (χ3v) is 4.53. The number of hydrogen-bond donors (Lipinski definition) is 2. The van der Waals surface area contributed by atoms with Gasteiger partial charge < -0.3 is 15.5 Å². The molecule has 9 heteroatoms. The summed E-state index contributed by atoms with van der Waals surface area (Å²) in [5.41, 5.74) is 5.75. The van der Waals surface area contributed by atoms with Crippen LogP contribution in [0, 0.1) is 12.7 Å². The summed E-state index contributed by atoms with van der Waals surface area (Å²) in [6.07, 6.45) is 0. The van der Waals surface area contributed by atoms with Crippen molar-refractivity contribution in [1.29, 1.82) is 0 Å². The first-order chi connectivity index (χ1) is 9.45. The molecule has 0 spiro atoms. The molecule has 0 saturated heterocycles. The first-order valence-electron chi connectivity index (χ1n) is 5.45. The van der Waals surface area contributed by atoms with Gasteiger partial charge in [0.2, 0.25) is 0 Å². The van der Waals surface area contributed by atoms with E-state index in [-0.39, 0.29) is 15.9 Å². The first kappa shape index (κ1) is 14.8. The monoisotopic (exact) mass is 359 g/mol. The molecule has 0 radical (unpaired) electrons. The van der Waals surface area contributed by atoms with Crippen LogP contribution in [0.3, 0.4) is 0 Å². The Kier molecular flexibility index (Phi) is 4.29. The molecule has 1 aromatic carbocycles. The minimum atomic E-state index is -0.500. The van der Waals surface area contributed by atoms with Gasteiger partial charge in [-0.05, 0) is 46.7 Å². The second-order valence-electron chi connectivity index (χ2n) is 3.92. The van der Waals surface area contributed by atoms with Gasteiger partial charge in [-0.2, -0.15) is 0 Å². The van der Waals surface area contributed by atoms with Crippen LogP contribution in [0.2, 0.25) is 0 Å². The molecular formula is C11H11BrFN5OS. The number of halogens is 2. The van der Waals surface area contributed by atoms with Gasteiger partial charge in [-0.3, -0.25) is 0 Å². The molecular weight excluding hydrogens is 349 g/mol. The summed E-state index contributed by atoms with van der Waals surface area (Å²) in [5, 5.41) is 19.9. The molecule has 106 valence electrons. The lowest BCUT2D eigenvalue weighted by atomic mass is 10.2. The second kappa shape index (κ2) is 5.80. The Bertz CT molecular complexity index is 688. The second-order valence-corrected chi connectivity index (χ2v) is 5.72. The van der Waals surface area contributed by atoms with Crippen LogP contribution in [0.1, 0.15) is 11.4 Å². The number of benzene rings is 1. The molecule has 0 aliphatic carbocycles. The molecule has 2 rings (SSSR count). The largest absolute Gasteiger partial charge is 0.409 e. The van der Waals surface area contributed by atoms with Crippen molar-refractivity contribution in [3.63, 3.8) is 0 Å². The molecule has 0 bridgehead atoms. The number of oxime groups is 1. The van der Waals surface area contributed by atoms with Crippen molar-refractivity contribution in [3.8, 4) is 0 Å². The fourth-order valence-corrected chi connectivity index (χ4v) is 2.99. The van der Waals surface area contributed by atoms with E-state index in [2.05, 4.69) is 31.3 Å². The SMILES string of the molecule is Cc1nnc(Sc2ccc(/C(N)=N/O)c(Br)c2F)n1C. The van der Waals surface area contributed by atoms with Crippen LogP contribution < -0.4 is 5.73 Å². The average Bonchev–Trinajstić information content (AvgIpc) is 2.75. The highest BCUT2D eigenvalue weighted by Gasteiger charge is 2.17. The Balaban J connectivity index is 2.40. The van der Waals surface area contributed by atoms with Crippen LogP contribution in [0.4, 0.5) is 4.39 Å². The zero-order chi connectivity index (χ0) is 14.9. The number of nitrogens with zero attached hydrogens (tertiary/aromatic N) is 4. The maximum atomic E-state index is 14.3. The van der Waals surface area contributed by atoms with Crippen LogP contribution in [0.25, 0.3) is 0 Å². The summed E-state index contributed by atoms with van der Waals surface area (Å²) in [5.74, 6) is 0.0711. The van der Waals surface area contributed by atoms with E-state index in [9.17, 15) is 4.39 Å². The van der Waals surface area contributed by atoms with Gasteiger partial charge in [0.1, 0.15) is 5.82 Å². The van der Waals surface area contributed by atoms with E-state index >= 15 is 0 Å². The number of nitrogens with two attached hydrogens (primary N) is 1. The van der Waals surface area contributed by atoms with Crippen LogP contribution >= 0.6 is 27.7 Å². The van der Waals surface area contributed by atoms with Gasteiger partial charge in [0.05, 0.1) is 9.37 Å². The minimum absolute atomic E-state index is 0.136. The van der Waals surface area contributed by atoms with Crippen molar-refractivity contribution >= 4 is 33.5 Å². The van der Waals surface area contributed by atoms with Crippen LogP contribution in [-0.2, 0) is 7.05 Å². The van der Waals surface area contributed by atoms with Gasteiger partial charge in [0, 0.05) is 12.6 Å². The van der Waals surface area contributed by atoms with Crippen molar-refractivity contribution in [1.82, 2.24) is 14.8 Å². The molecule has 0 atom stereocenters. The summed E-state index contributed by atoms with van der Waals surface area (Å²) in [7, 11) is 1.80. The summed E-state index contributed by atoms with van der Waals surface area (Å²) >= 11 is 4.25. The highest BCUT2D eigenvalue weighted by molar-refractivity contribution is 9.10. The first-order valence-corrected chi connectivity index (χ1v) is 7.06. The fourth-order valence-electron chi connectivity index (χ4n) is 1.44. The van der Waals surface area contributed by atoms with Crippen molar-refractivity contribution in [2.75, 3.05) is 0 Å². The summed E-state index contributed by atoms with van der Waals surface area (Å²) in [6, 6.07) is 3.11. The van der Waals surface area contributed by atoms with Crippen molar-refractivity contribution in [2.24, 2.45) is 17.9 Å². The van der Waals surface area contributed by atoms with Gasteiger partial charge in [0.15, 0.2) is 16.8 Å². The molecule has 0 unspecified atom stereocenters.